The summed E-state index contributed by atoms with van der Waals surface area (Å²) in [4.78, 5) is 4.15. The van der Waals surface area contributed by atoms with Gasteiger partial charge < -0.3 is 4.74 Å². The Balaban J connectivity index is 2.18. The summed E-state index contributed by atoms with van der Waals surface area (Å²) < 4.78 is 5.09. The van der Waals surface area contributed by atoms with Gasteiger partial charge in [0, 0.05) is 5.02 Å². The molecule has 1 heterocycles. The minimum Gasteiger partial charge on any atom is -0.497 e. The molecular weight excluding hydrogens is 269 g/mol. The van der Waals surface area contributed by atoms with Crippen molar-refractivity contribution in [3.63, 3.8) is 0 Å². The van der Waals surface area contributed by atoms with Crippen LogP contribution in [0.25, 0.3) is 12.2 Å². The number of methoxy groups -OCH3 is 1. The number of hydrogen-bond donors (Lipinski definition) is 0. The average Bonchev–Trinajstić information content (AvgIpc) is 2.36. The lowest BCUT2D eigenvalue weighted by Crippen LogP contribution is -1.83. The summed E-state index contributed by atoms with van der Waals surface area (Å²) in [5.41, 5.74) is 1.78. The van der Waals surface area contributed by atoms with Crippen LogP contribution in [0.1, 0.15) is 11.3 Å². The van der Waals surface area contributed by atoms with Crippen LogP contribution >= 0.6 is 23.2 Å². The van der Waals surface area contributed by atoms with E-state index < -0.39 is 0 Å². The number of pyridine rings is 1. The largest absolute Gasteiger partial charge is 0.497 e. The third-order valence-corrected chi connectivity index (χ3v) is 2.75. The van der Waals surface area contributed by atoms with Crippen molar-refractivity contribution in [2.75, 3.05) is 7.11 Å². The summed E-state index contributed by atoms with van der Waals surface area (Å²) >= 11 is 11.7. The zero-order valence-corrected chi connectivity index (χ0v) is 11.2. The van der Waals surface area contributed by atoms with Crippen molar-refractivity contribution in [3.8, 4) is 5.75 Å². The van der Waals surface area contributed by atoms with Crippen LogP contribution in [-0.2, 0) is 0 Å². The van der Waals surface area contributed by atoms with Gasteiger partial charge in [0.2, 0.25) is 0 Å². The Bertz CT molecular complexity index is 544. The number of aromatic nitrogens is 1. The maximum absolute atomic E-state index is 5.90. The predicted molar refractivity (Wildman–Crippen MR) is 76.2 cm³/mol. The van der Waals surface area contributed by atoms with Gasteiger partial charge in [-0.1, -0.05) is 41.4 Å². The van der Waals surface area contributed by atoms with E-state index in [0.717, 1.165) is 17.0 Å². The molecule has 2 nitrogen and oxygen atoms in total. The van der Waals surface area contributed by atoms with Gasteiger partial charge in [-0.3, -0.25) is 0 Å². The normalized spacial score (nSPS) is 10.8. The molecule has 0 spiro atoms. The molecule has 1 aromatic heterocycles. The van der Waals surface area contributed by atoms with Crippen molar-refractivity contribution in [2.45, 2.75) is 0 Å². The Morgan fingerprint density at radius 2 is 1.78 bits per heavy atom. The van der Waals surface area contributed by atoms with E-state index in [1.54, 1.807) is 19.2 Å². The van der Waals surface area contributed by atoms with Crippen molar-refractivity contribution >= 4 is 35.4 Å². The summed E-state index contributed by atoms with van der Waals surface area (Å²) in [5.74, 6) is 0.830. The second-order valence-corrected chi connectivity index (χ2v) is 4.46. The summed E-state index contributed by atoms with van der Waals surface area (Å²) in [5, 5.41) is 0.960. The number of rotatable bonds is 3. The standard InChI is InChI=1S/C14H11Cl2NO/c1-18-13-6-3-10(4-7-13)2-5-12-8-11(15)9-14(16)17-12/h2-9H,1H3/b5-2+. The number of halogens is 2. The lowest BCUT2D eigenvalue weighted by molar-refractivity contribution is 0.415. The monoisotopic (exact) mass is 279 g/mol. The lowest BCUT2D eigenvalue weighted by atomic mass is 10.2. The van der Waals surface area contributed by atoms with Gasteiger partial charge in [-0.15, -0.1) is 0 Å². The SMILES string of the molecule is COc1ccc(/C=C/c2cc(Cl)cc(Cl)n2)cc1. The highest BCUT2D eigenvalue weighted by molar-refractivity contribution is 6.34. The zero-order chi connectivity index (χ0) is 13.0. The molecule has 18 heavy (non-hydrogen) atoms. The van der Waals surface area contributed by atoms with Crippen LogP contribution in [0.4, 0.5) is 0 Å². The second-order valence-electron chi connectivity index (χ2n) is 3.64. The fourth-order valence-corrected chi connectivity index (χ4v) is 1.95. The van der Waals surface area contributed by atoms with Gasteiger partial charge in [0.15, 0.2) is 0 Å². The smallest absolute Gasteiger partial charge is 0.131 e. The topological polar surface area (TPSA) is 22.1 Å². The molecule has 0 bridgehead atoms. The van der Waals surface area contributed by atoms with Gasteiger partial charge in [-0.05, 0) is 35.9 Å². The molecule has 92 valence electrons. The van der Waals surface area contributed by atoms with E-state index in [0.29, 0.717) is 10.2 Å². The van der Waals surface area contributed by atoms with Crippen molar-refractivity contribution in [2.24, 2.45) is 0 Å². The van der Waals surface area contributed by atoms with Crippen LogP contribution < -0.4 is 4.74 Å². The van der Waals surface area contributed by atoms with Crippen LogP contribution in [0.15, 0.2) is 36.4 Å². The summed E-state index contributed by atoms with van der Waals surface area (Å²) in [6, 6.07) is 11.1. The van der Waals surface area contributed by atoms with Crippen LogP contribution in [0.3, 0.4) is 0 Å². The molecule has 0 fully saturated rings. The fourth-order valence-electron chi connectivity index (χ4n) is 1.47. The zero-order valence-electron chi connectivity index (χ0n) is 9.73. The predicted octanol–water partition coefficient (Wildman–Crippen LogP) is 4.57. The minimum atomic E-state index is 0.386. The number of benzene rings is 1. The minimum absolute atomic E-state index is 0.386. The second kappa shape index (κ2) is 5.89. The van der Waals surface area contributed by atoms with Crippen LogP contribution in [0.2, 0.25) is 10.2 Å². The highest BCUT2D eigenvalue weighted by Gasteiger charge is 1.96. The third-order valence-electron chi connectivity index (χ3n) is 2.34. The molecule has 0 saturated carbocycles. The van der Waals surface area contributed by atoms with Gasteiger partial charge in [0.25, 0.3) is 0 Å². The molecule has 0 aliphatic heterocycles. The van der Waals surface area contributed by atoms with Crippen molar-refractivity contribution in [1.82, 2.24) is 4.98 Å². The molecule has 4 heteroatoms. The van der Waals surface area contributed by atoms with Gasteiger partial charge in [-0.25, -0.2) is 4.98 Å². The average molecular weight is 280 g/mol. The summed E-state index contributed by atoms with van der Waals surface area (Å²) in [7, 11) is 1.64. The van der Waals surface area contributed by atoms with Gasteiger partial charge in [0.05, 0.1) is 12.8 Å². The molecule has 2 rings (SSSR count). The highest BCUT2D eigenvalue weighted by atomic mass is 35.5. The number of ether oxygens (including phenoxy) is 1. The molecule has 2 aromatic rings. The molecule has 0 unspecified atom stereocenters. The van der Waals surface area contributed by atoms with Crippen LogP contribution in [0, 0.1) is 0 Å². The molecule has 0 aliphatic carbocycles. The molecule has 1 aromatic carbocycles. The summed E-state index contributed by atoms with van der Waals surface area (Å²) in [6.07, 6.45) is 3.80. The van der Waals surface area contributed by atoms with Crippen LogP contribution in [-0.4, -0.2) is 12.1 Å². The highest BCUT2D eigenvalue weighted by Crippen LogP contribution is 2.18. The quantitative estimate of drug-likeness (QED) is 0.768. The Hall–Kier alpha value is -1.51. The fraction of sp³-hybridized carbons (Fsp3) is 0.0714. The number of hydrogen-bond acceptors (Lipinski definition) is 2. The third kappa shape index (κ3) is 3.49. The van der Waals surface area contributed by atoms with E-state index in [1.807, 2.05) is 36.4 Å². The maximum atomic E-state index is 5.90. The first-order valence-corrected chi connectivity index (χ1v) is 6.08. The Morgan fingerprint density at radius 1 is 1.06 bits per heavy atom. The molecule has 0 saturated heterocycles. The van der Waals surface area contributed by atoms with Crippen LogP contribution in [0.5, 0.6) is 5.75 Å². The van der Waals surface area contributed by atoms with Crippen molar-refractivity contribution < 1.29 is 4.74 Å². The van der Waals surface area contributed by atoms with E-state index in [-0.39, 0.29) is 0 Å². The van der Waals surface area contributed by atoms with E-state index in [1.165, 1.54) is 0 Å². The van der Waals surface area contributed by atoms with Gasteiger partial charge in [0.1, 0.15) is 10.9 Å². The van der Waals surface area contributed by atoms with Gasteiger partial charge in [-0.2, -0.15) is 0 Å². The van der Waals surface area contributed by atoms with E-state index in [4.69, 9.17) is 27.9 Å². The first-order chi connectivity index (χ1) is 8.67. The molecule has 0 N–H and O–H groups in total. The van der Waals surface area contributed by atoms with E-state index in [9.17, 15) is 0 Å². The first-order valence-electron chi connectivity index (χ1n) is 5.32. The molecule has 0 aliphatic rings. The molecule has 0 amide bonds. The molecular formula is C14H11Cl2NO. The van der Waals surface area contributed by atoms with Gasteiger partial charge >= 0.3 is 0 Å². The Kier molecular flexibility index (Phi) is 4.24. The Morgan fingerprint density at radius 3 is 2.39 bits per heavy atom. The Labute approximate surface area is 116 Å². The van der Waals surface area contributed by atoms with Crippen molar-refractivity contribution in [3.05, 3.63) is 57.8 Å². The molecule has 0 atom stereocenters. The lowest BCUT2D eigenvalue weighted by Gasteiger charge is -1.99. The molecule has 0 radical (unpaired) electrons. The van der Waals surface area contributed by atoms with E-state index in [2.05, 4.69) is 4.98 Å². The first kappa shape index (κ1) is 12.9. The maximum Gasteiger partial charge on any atom is 0.131 e. The number of nitrogens with zero attached hydrogens (tertiary/aromatic N) is 1. The van der Waals surface area contributed by atoms with Crippen molar-refractivity contribution in [1.29, 1.82) is 0 Å². The summed E-state index contributed by atoms with van der Waals surface area (Å²) in [6.45, 7) is 0. The van der Waals surface area contributed by atoms with E-state index >= 15 is 0 Å².